The van der Waals surface area contributed by atoms with E-state index in [1.807, 2.05) is 32.0 Å². The number of nitriles is 1. The lowest BCUT2D eigenvalue weighted by atomic mass is 9.83. The molecule has 0 saturated heterocycles. The van der Waals surface area contributed by atoms with E-state index in [4.69, 9.17) is 9.47 Å². The Morgan fingerprint density at radius 1 is 1.35 bits per heavy atom. The Bertz CT molecular complexity index is 545. The van der Waals surface area contributed by atoms with Crippen LogP contribution in [0.1, 0.15) is 32.3 Å². The lowest BCUT2D eigenvalue weighted by Gasteiger charge is -2.22. The van der Waals surface area contributed by atoms with Crippen LogP contribution >= 0.6 is 0 Å². The Balaban J connectivity index is 2.02. The standard InChI is InChI=1S/C15H18N2O3/c1-3-15(4-2,9-16)14(18)17-8-11-5-6-12-13(7-11)20-10-19-12/h5-7H,3-4,8,10H2,1-2H3,(H,17,18). The summed E-state index contributed by atoms with van der Waals surface area (Å²) in [5, 5.41) is 12.0. The summed E-state index contributed by atoms with van der Waals surface area (Å²) in [6.45, 7) is 4.31. The zero-order valence-electron chi connectivity index (χ0n) is 11.7. The van der Waals surface area contributed by atoms with Gasteiger partial charge in [-0.05, 0) is 30.5 Å². The number of benzene rings is 1. The molecule has 1 aromatic carbocycles. The molecule has 0 fully saturated rings. The Hall–Kier alpha value is -2.22. The highest BCUT2D eigenvalue weighted by Gasteiger charge is 2.34. The largest absolute Gasteiger partial charge is 0.454 e. The number of carbonyl (C=O) groups is 1. The van der Waals surface area contributed by atoms with E-state index in [0.29, 0.717) is 30.9 Å². The third kappa shape index (κ3) is 2.55. The first-order chi connectivity index (χ1) is 9.65. The summed E-state index contributed by atoms with van der Waals surface area (Å²) in [5.41, 5.74) is -0.0160. The average Bonchev–Trinajstić information content (AvgIpc) is 2.95. The SMILES string of the molecule is CCC(C#N)(CC)C(=O)NCc1ccc2c(c1)OCO2. The first kappa shape index (κ1) is 14.2. The van der Waals surface area contributed by atoms with E-state index in [1.165, 1.54) is 0 Å². The molecule has 1 amide bonds. The summed E-state index contributed by atoms with van der Waals surface area (Å²) >= 11 is 0. The smallest absolute Gasteiger partial charge is 0.240 e. The van der Waals surface area contributed by atoms with Gasteiger partial charge in [-0.1, -0.05) is 19.9 Å². The van der Waals surface area contributed by atoms with Crippen LogP contribution in [0.3, 0.4) is 0 Å². The number of fused-ring (bicyclic) bond motifs is 1. The molecule has 1 aromatic rings. The highest BCUT2D eigenvalue weighted by molar-refractivity contribution is 5.85. The quantitative estimate of drug-likeness (QED) is 0.894. The molecule has 1 aliphatic rings. The first-order valence-corrected chi connectivity index (χ1v) is 6.73. The third-order valence-corrected chi connectivity index (χ3v) is 3.75. The van der Waals surface area contributed by atoms with E-state index in [1.54, 1.807) is 0 Å². The van der Waals surface area contributed by atoms with Crippen molar-refractivity contribution >= 4 is 5.91 Å². The molecule has 0 aromatic heterocycles. The minimum Gasteiger partial charge on any atom is -0.454 e. The maximum absolute atomic E-state index is 12.2. The minimum absolute atomic E-state index is 0.220. The fourth-order valence-electron chi connectivity index (χ4n) is 2.18. The lowest BCUT2D eigenvalue weighted by Crippen LogP contribution is -2.38. The van der Waals surface area contributed by atoms with Crippen molar-refractivity contribution in [2.24, 2.45) is 5.41 Å². The van der Waals surface area contributed by atoms with Crippen molar-refractivity contribution in [1.29, 1.82) is 5.26 Å². The molecule has 0 aliphatic carbocycles. The second-order valence-electron chi connectivity index (χ2n) is 4.77. The summed E-state index contributed by atoms with van der Waals surface area (Å²) in [6, 6.07) is 7.67. The lowest BCUT2D eigenvalue weighted by molar-refractivity contribution is -0.128. The highest BCUT2D eigenvalue weighted by atomic mass is 16.7. The number of rotatable bonds is 5. The Kier molecular flexibility index (Phi) is 4.14. The second-order valence-corrected chi connectivity index (χ2v) is 4.77. The molecule has 1 N–H and O–H groups in total. The molecule has 20 heavy (non-hydrogen) atoms. The van der Waals surface area contributed by atoms with Gasteiger partial charge in [0.15, 0.2) is 11.5 Å². The monoisotopic (exact) mass is 274 g/mol. The Labute approximate surface area is 118 Å². The molecular weight excluding hydrogens is 256 g/mol. The zero-order chi connectivity index (χ0) is 14.6. The summed E-state index contributed by atoms with van der Waals surface area (Å²) in [7, 11) is 0. The van der Waals surface area contributed by atoms with Gasteiger partial charge in [-0.15, -0.1) is 0 Å². The summed E-state index contributed by atoms with van der Waals surface area (Å²) in [6.07, 6.45) is 1.01. The van der Waals surface area contributed by atoms with Crippen LogP contribution in [-0.2, 0) is 11.3 Å². The number of hydrogen-bond donors (Lipinski definition) is 1. The van der Waals surface area contributed by atoms with Gasteiger partial charge in [0.2, 0.25) is 12.7 Å². The molecule has 1 heterocycles. The van der Waals surface area contributed by atoms with Gasteiger partial charge in [0, 0.05) is 6.54 Å². The molecule has 0 unspecified atom stereocenters. The van der Waals surface area contributed by atoms with Gasteiger partial charge in [-0.2, -0.15) is 5.26 Å². The molecule has 5 nitrogen and oxygen atoms in total. The maximum Gasteiger partial charge on any atom is 0.240 e. The summed E-state index contributed by atoms with van der Waals surface area (Å²) < 4.78 is 10.5. The van der Waals surface area contributed by atoms with Gasteiger partial charge in [0.1, 0.15) is 5.41 Å². The summed E-state index contributed by atoms with van der Waals surface area (Å²) in [5.74, 6) is 1.19. The van der Waals surface area contributed by atoms with Gasteiger partial charge in [0.25, 0.3) is 0 Å². The fraction of sp³-hybridized carbons (Fsp3) is 0.467. The predicted octanol–water partition coefficient (Wildman–Crippen LogP) is 2.36. The van der Waals surface area contributed by atoms with Gasteiger partial charge in [-0.25, -0.2) is 0 Å². The third-order valence-electron chi connectivity index (χ3n) is 3.75. The molecule has 2 rings (SSSR count). The fourth-order valence-corrected chi connectivity index (χ4v) is 2.18. The van der Waals surface area contributed by atoms with E-state index in [-0.39, 0.29) is 12.7 Å². The van der Waals surface area contributed by atoms with Crippen molar-refractivity contribution in [2.45, 2.75) is 33.2 Å². The molecule has 0 bridgehead atoms. The van der Waals surface area contributed by atoms with Crippen molar-refractivity contribution < 1.29 is 14.3 Å². The molecular formula is C15H18N2O3. The predicted molar refractivity (Wildman–Crippen MR) is 73.0 cm³/mol. The Morgan fingerprint density at radius 2 is 2.05 bits per heavy atom. The van der Waals surface area contributed by atoms with Crippen molar-refractivity contribution in [1.82, 2.24) is 5.32 Å². The molecule has 1 aliphatic heterocycles. The number of nitrogens with zero attached hydrogens (tertiary/aromatic N) is 1. The zero-order valence-corrected chi connectivity index (χ0v) is 11.7. The average molecular weight is 274 g/mol. The molecule has 0 saturated carbocycles. The van der Waals surface area contributed by atoms with Crippen molar-refractivity contribution in [3.8, 4) is 17.6 Å². The van der Waals surface area contributed by atoms with E-state index in [0.717, 1.165) is 5.56 Å². The maximum atomic E-state index is 12.2. The minimum atomic E-state index is -0.934. The number of ether oxygens (including phenoxy) is 2. The molecule has 106 valence electrons. The van der Waals surface area contributed by atoms with Gasteiger partial charge < -0.3 is 14.8 Å². The molecule has 0 radical (unpaired) electrons. The van der Waals surface area contributed by atoms with Crippen LogP contribution in [0.4, 0.5) is 0 Å². The number of nitrogens with one attached hydrogen (secondary N) is 1. The topological polar surface area (TPSA) is 71.4 Å². The normalized spacial score (nSPS) is 12.8. The second kappa shape index (κ2) is 5.83. The van der Waals surface area contributed by atoms with E-state index in [2.05, 4.69) is 11.4 Å². The number of carbonyl (C=O) groups excluding carboxylic acids is 1. The Morgan fingerprint density at radius 3 is 2.70 bits per heavy atom. The van der Waals surface area contributed by atoms with E-state index < -0.39 is 5.41 Å². The van der Waals surface area contributed by atoms with Crippen molar-refractivity contribution in [2.75, 3.05) is 6.79 Å². The number of amides is 1. The molecule has 5 heteroatoms. The van der Waals surface area contributed by atoms with Crippen LogP contribution in [-0.4, -0.2) is 12.7 Å². The van der Waals surface area contributed by atoms with Gasteiger partial charge in [0.05, 0.1) is 6.07 Å². The van der Waals surface area contributed by atoms with E-state index >= 15 is 0 Å². The number of hydrogen-bond acceptors (Lipinski definition) is 4. The first-order valence-electron chi connectivity index (χ1n) is 6.73. The molecule has 0 spiro atoms. The van der Waals surface area contributed by atoms with Gasteiger partial charge >= 0.3 is 0 Å². The summed E-state index contributed by atoms with van der Waals surface area (Å²) in [4.78, 5) is 12.2. The highest BCUT2D eigenvalue weighted by Crippen LogP contribution is 2.32. The van der Waals surface area contributed by atoms with Crippen LogP contribution in [0, 0.1) is 16.7 Å². The van der Waals surface area contributed by atoms with Crippen LogP contribution in [0.2, 0.25) is 0 Å². The van der Waals surface area contributed by atoms with Crippen LogP contribution in [0.15, 0.2) is 18.2 Å². The van der Waals surface area contributed by atoms with Gasteiger partial charge in [-0.3, -0.25) is 4.79 Å². The van der Waals surface area contributed by atoms with Crippen LogP contribution < -0.4 is 14.8 Å². The van der Waals surface area contributed by atoms with Crippen LogP contribution in [0.5, 0.6) is 11.5 Å². The van der Waals surface area contributed by atoms with E-state index in [9.17, 15) is 10.1 Å². The van der Waals surface area contributed by atoms with Crippen molar-refractivity contribution in [3.63, 3.8) is 0 Å². The van der Waals surface area contributed by atoms with Crippen LogP contribution in [0.25, 0.3) is 0 Å². The molecule has 0 atom stereocenters. The van der Waals surface area contributed by atoms with Crippen molar-refractivity contribution in [3.05, 3.63) is 23.8 Å².